The molecule has 0 spiro atoms. The van der Waals surface area contributed by atoms with E-state index in [4.69, 9.17) is 0 Å². The molecule has 0 radical (unpaired) electrons. The summed E-state index contributed by atoms with van der Waals surface area (Å²) in [5.41, 5.74) is -1.87. The molecule has 1 amide bonds. The van der Waals surface area contributed by atoms with Crippen molar-refractivity contribution >= 4 is 17.3 Å². The SMILES string of the molecule is CCN1CCN(c2ccc(NC(=O)c3cc(C(F)(F)F)cc(C(F)(F)F)c3)c(C)c2)CC1. The molecule has 32 heavy (non-hydrogen) atoms. The molecule has 1 N–H and O–H groups in total. The van der Waals surface area contributed by atoms with Crippen LogP contribution < -0.4 is 10.2 Å². The fourth-order valence-corrected chi connectivity index (χ4v) is 3.59. The summed E-state index contributed by atoms with van der Waals surface area (Å²) in [7, 11) is 0. The Morgan fingerprint density at radius 3 is 1.94 bits per heavy atom. The number of nitrogens with one attached hydrogen (secondary N) is 1. The first-order chi connectivity index (χ1) is 14.9. The second kappa shape index (κ2) is 9.01. The summed E-state index contributed by atoms with van der Waals surface area (Å²) in [6.07, 6.45) is -10.0. The molecule has 0 unspecified atom stereocenters. The monoisotopic (exact) mass is 459 g/mol. The highest BCUT2D eigenvalue weighted by Gasteiger charge is 2.37. The fourth-order valence-electron chi connectivity index (χ4n) is 3.59. The maximum Gasteiger partial charge on any atom is 0.416 e. The predicted octanol–water partition coefficient (Wildman–Crippen LogP) is 5.43. The molecule has 0 aliphatic carbocycles. The van der Waals surface area contributed by atoms with Crippen LogP contribution in [-0.2, 0) is 12.4 Å². The summed E-state index contributed by atoms with van der Waals surface area (Å²) in [5, 5.41) is 2.43. The van der Waals surface area contributed by atoms with Crippen molar-refractivity contribution in [3.63, 3.8) is 0 Å². The number of likely N-dealkylation sites (N-methyl/N-ethyl adjacent to an activating group) is 1. The van der Waals surface area contributed by atoms with Crippen LogP contribution in [0.2, 0.25) is 0 Å². The first kappa shape index (κ1) is 23.9. The van der Waals surface area contributed by atoms with E-state index in [1.54, 1.807) is 19.1 Å². The van der Waals surface area contributed by atoms with Crippen molar-refractivity contribution in [1.82, 2.24) is 4.90 Å². The van der Waals surface area contributed by atoms with Crippen LogP contribution in [0.1, 0.15) is 34.0 Å². The van der Waals surface area contributed by atoms with Gasteiger partial charge in [-0.2, -0.15) is 26.3 Å². The van der Waals surface area contributed by atoms with Crippen molar-refractivity contribution in [2.24, 2.45) is 0 Å². The summed E-state index contributed by atoms with van der Waals surface area (Å²) in [6.45, 7) is 8.31. The number of hydrogen-bond acceptors (Lipinski definition) is 3. The fraction of sp³-hybridized carbons (Fsp3) is 0.409. The third kappa shape index (κ3) is 5.53. The summed E-state index contributed by atoms with van der Waals surface area (Å²) in [5.74, 6) is -1.05. The zero-order valence-corrected chi connectivity index (χ0v) is 17.6. The molecule has 1 heterocycles. The Kier molecular flexibility index (Phi) is 6.73. The Morgan fingerprint density at radius 2 is 1.47 bits per heavy atom. The maximum absolute atomic E-state index is 13.1. The van der Waals surface area contributed by atoms with Crippen molar-refractivity contribution in [2.45, 2.75) is 26.2 Å². The lowest BCUT2D eigenvalue weighted by atomic mass is 10.0. The van der Waals surface area contributed by atoms with E-state index in [0.717, 1.165) is 38.4 Å². The normalized spacial score (nSPS) is 15.7. The number of carbonyl (C=O) groups is 1. The number of hydrogen-bond donors (Lipinski definition) is 1. The van der Waals surface area contributed by atoms with Crippen LogP contribution >= 0.6 is 0 Å². The van der Waals surface area contributed by atoms with E-state index in [-0.39, 0.29) is 6.07 Å². The molecule has 174 valence electrons. The second-order valence-corrected chi connectivity index (χ2v) is 7.67. The number of piperazine rings is 1. The Bertz CT molecular complexity index is 946. The molecular weight excluding hydrogens is 436 g/mol. The van der Waals surface area contributed by atoms with Gasteiger partial charge in [0.15, 0.2) is 0 Å². The molecule has 0 bridgehead atoms. The highest BCUT2D eigenvalue weighted by Crippen LogP contribution is 2.36. The number of halogens is 6. The molecule has 10 heteroatoms. The number of anilines is 2. The van der Waals surface area contributed by atoms with Gasteiger partial charge in [-0.1, -0.05) is 6.92 Å². The first-order valence-corrected chi connectivity index (χ1v) is 10.1. The highest BCUT2D eigenvalue weighted by molar-refractivity contribution is 6.05. The van der Waals surface area contributed by atoms with Crippen LogP contribution in [0, 0.1) is 6.92 Å². The van der Waals surface area contributed by atoms with Crippen molar-refractivity contribution in [3.8, 4) is 0 Å². The number of alkyl halides is 6. The largest absolute Gasteiger partial charge is 0.416 e. The zero-order valence-electron chi connectivity index (χ0n) is 17.6. The van der Waals surface area contributed by atoms with E-state index < -0.39 is 35.0 Å². The van der Waals surface area contributed by atoms with E-state index >= 15 is 0 Å². The van der Waals surface area contributed by atoms with E-state index in [9.17, 15) is 31.1 Å². The van der Waals surface area contributed by atoms with Crippen LogP contribution in [0.15, 0.2) is 36.4 Å². The van der Waals surface area contributed by atoms with Gasteiger partial charge >= 0.3 is 12.4 Å². The molecule has 2 aromatic rings. The molecule has 4 nitrogen and oxygen atoms in total. The quantitative estimate of drug-likeness (QED) is 0.620. The smallest absolute Gasteiger partial charge is 0.369 e. The van der Waals surface area contributed by atoms with E-state index in [1.807, 2.05) is 6.07 Å². The number of aryl methyl sites for hydroxylation is 1. The van der Waals surface area contributed by atoms with Gasteiger partial charge in [0, 0.05) is 43.1 Å². The Balaban J connectivity index is 1.81. The van der Waals surface area contributed by atoms with Crippen LogP contribution in [0.3, 0.4) is 0 Å². The lowest BCUT2D eigenvalue weighted by Gasteiger charge is -2.35. The number of amides is 1. The summed E-state index contributed by atoms with van der Waals surface area (Å²) in [6, 6.07) is 6.05. The van der Waals surface area contributed by atoms with Crippen LogP contribution in [0.5, 0.6) is 0 Å². The minimum absolute atomic E-state index is 0.00485. The Labute approximate surface area is 181 Å². The lowest BCUT2D eigenvalue weighted by molar-refractivity contribution is -0.143. The first-order valence-electron chi connectivity index (χ1n) is 10.1. The molecular formula is C22H23F6N3O. The molecule has 1 fully saturated rings. The van der Waals surface area contributed by atoms with E-state index in [2.05, 4.69) is 22.0 Å². The topological polar surface area (TPSA) is 35.6 Å². The molecule has 2 aromatic carbocycles. The van der Waals surface area contributed by atoms with Gasteiger partial charge in [-0.05, 0) is 55.4 Å². The van der Waals surface area contributed by atoms with Gasteiger partial charge in [0.25, 0.3) is 5.91 Å². The number of carbonyl (C=O) groups excluding carboxylic acids is 1. The van der Waals surface area contributed by atoms with Crippen LogP contribution in [0.4, 0.5) is 37.7 Å². The number of benzene rings is 2. The number of rotatable bonds is 4. The van der Waals surface area contributed by atoms with E-state index in [1.165, 1.54) is 0 Å². The average Bonchev–Trinajstić information content (AvgIpc) is 2.73. The lowest BCUT2D eigenvalue weighted by Crippen LogP contribution is -2.46. The Morgan fingerprint density at radius 1 is 0.906 bits per heavy atom. The number of nitrogens with zero attached hydrogens (tertiary/aromatic N) is 2. The minimum Gasteiger partial charge on any atom is -0.369 e. The van der Waals surface area contributed by atoms with E-state index in [0.29, 0.717) is 23.4 Å². The standard InChI is InChI=1S/C22H23F6N3O/c1-3-30-6-8-31(9-7-30)18-4-5-19(14(2)10-18)29-20(32)15-11-16(21(23,24)25)13-17(12-15)22(26,27)28/h4-5,10-13H,3,6-9H2,1-2H3,(H,29,32). The summed E-state index contributed by atoms with van der Waals surface area (Å²) < 4.78 is 78.3. The van der Waals surface area contributed by atoms with Gasteiger partial charge in [-0.25, -0.2) is 0 Å². The van der Waals surface area contributed by atoms with Crippen LogP contribution in [0.25, 0.3) is 0 Å². The van der Waals surface area contributed by atoms with Crippen molar-refractivity contribution in [1.29, 1.82) is 0 Å². The summed E-state index contributed by atoms with van der Waals surface area (Å²) in [4.78, 5) is 17.0. The minimum atomic E-state index is -5.02. The molecule has 0 atom stereocenters. The molecule has 1 aliphatic heterocycles. The second-order valence-electron chi connectivity index (χ2n) is 7.67. The third-order valence-corrected chi connectivity index (χ3v) is 5.49. The maximum atomic E-state index is 13.1. The van der Waals surface area contributed by atoms with Gasteiger partial charge in [0.05, 0.1) is 11.1 Å². The molecule has 3 rings (SSSR count). The average molecular weight is 459 g/mol. The molecule has 0 aromatic heterocycles. The molecule has 1 aliphatic rings. The Hall–Kier alpha value is -2.75. The molecule has 1 saturated heterocycles. The van der Waals surface area contributed by atoms with Crippen molar-refractivity contribution in [2.75, 3.05) is 42.9 Å². The zero-order chi connectivity index (χ0) is 23.7. The van der Waals surface area contributed by atoms with Crippen LogP contribution in [-0.4, -0.2) is 43.5 Å². The van der Waals surface area contributed by atoms with Gasteiger partial charge in [-0.15, -0.1) is 0 Å². The van der Waals surface area contributed by atoms with Gasteiger partial charge in [0.2, 0.25) is 0 Å². The van der Waals surface area contributed by atoms with Gasteiger partial charge < -0.3 is 15.1 Å². The van der Waals surface area contributed by atoms with Gasteiger partial charge in [-0.3, -0.25) is 4.79 Å². The van der Waals surface area contributed by atoms with Gasteiger partial charge in [0.1, 0.15) is 0 Å². The summed E-state index contributed by atoms with van der Waals surface area (Å²) >= 11 is 0. The third-order valence-electron chi connectivity index (χ3n) is 5.49. The van der Waals surface area contributed by atoms with Crippen molar-refractivity contribution < 1.29 is 31.1 Å². The van der Waals surface area contributed by atoms with Crippen molar-refractivity contribution in [3.05, 3.63) is 58.7 Å². The highest BCUT2D eigenvalue weighted by atomic mass is 19.4. The molecule has 0 saturated carbocycles. The predicted molar refractivity (Wildman–Crippen MR) is 110 cm³/mol.